The van der Waals surface area contributed by atoms with Crippen molar-refractivity contribution in [2.24, 2.45) is 5.92 Å². The van der Waals surface area contributed by atoms with E-state index in [2.05, 4.69) is 25.0 Å². The van der Waals surface area contributed by atoms with E-state index in [0.29, 0.717) is 6.54 Å². The van der Waals surface area contributed by atoms with E-state index < -0.39 is 0 Å². The third kappa shape index (κ3) is 3.42. The molecule has 1 amide bonds. The van der Waals surface area contributed by atoms with Crippen molar-refractivity contribution in [3.8, 4) is 0 Å². The van der Waals surface area contributed by atoms with Crippen molar-refractivity contribution in [3.63, 3.8) is 0 Å². The molecule has 23 heavy (non-hydrogen) atoms. The molecule has 1 atom stereocenters. The summed E-state index contributed by atoms with van der Waals surface area (Å²) in [5.74, 6) is 3.14. The minimum absolute atomic E-state index is 0.166. The van der Waals surface area contributed by atoms with E-state index in [1.165, 1.54) is 32.1 Å². The minimum atomic E-state index is 0.166. The van der Waals surface area contributed by atoms with E-state index in [1.807, 2.05) is 0 Å². The second-order valence-corrected chi connectivity index (χ2v) is 7.31. The topological polar surface area (TPSA) is 63.1 Å². The first kappa shape index (κ1) is 15.1. The van der Waals surface area contributed by atoms with Crippen molar-refractivity contribution in [1.29, 1.82) is 0 Å². The molecule has 4 rings (SSSR count). The van der Waals surface area contributed by atoms with E-state index in [4.69, 9.17) is 0 Å². The third-order valence-corrected chi connectivity index (χ3v) is 5.43. The van der Waals surface area contributed by atoms with Gasteiger partial charge in [-0.25, -0.2) is 0 Å². The van der Waals surface area contributed by atoms with Gasteiger partial charge in [0.25, 0.3) is 0 Å². The molecule has 126 valence electrons. The van der Waals surface area contributed by atoms with Crippen LogP contribution in [-0.4, -0.2) is 45.2 Å². The molecule has 3 aliphatic rings. The monoisotopic (exact) mass is 317 g/mol. The van der Waals surface area contributed by atoms with Crippen LogP contribution in [0.1, 0.15) is 62.6 Å². The summed E-state index contributed by atoms with van der Waals surface area (Å²) in [4.78, 5) is 14.5. The van der Waals surface area contributed by atoms with Gasteiger partial charge in [0.05, 0.1) is 12.6 Å². The molecule has 1 aromatic rings. The van der Waals surface area contributed by atoms with Crippen LogP contribution >= 0.6 is 0 Å². The number of nitrogens with one attached hydrogen (secondary N) is 1. The van der Waals surface area contributed by atoms with Gasteiger partial charge < -0.3 is 9.88 Å². The van der Waals surface area contributed by atoms with Gasteiger partial charge in [0, 0.05) is 19.5 Å². The lowest BCUT2D eigenvalue weighted by Gasteiger charge is -2.23. The maximum absolute atomic E-state index is 12.2. The highest BCUT2D eigenvalue weighted by atomic mass is 16.2. The molecule has 2 fully saturated rings. The zero-order valence-corrected chi connectivity index (χ0v) is 13.8. The Morgan fingerprint density at radius 3 is 2.87 bits per heavy atom. The molecule has 2 aliphatic heterocycles. The lowest BCUT2D eigenvalue weighted by molar-refractivity contribution is -0.122. The summed E-state index contributed by atoms with van der Waals surface area (Å²) >= 11 is 0. The Balaban J connectivity index is 1.42. The Bertz CT molecular complexity index is 565. The normalized spacial score (nSPS) is 25.1. The lowest BCUT2D eigenvalue weighted by atomic mass is 10.2. The number of hydrogen-bond donors (Lipinski definition) is 1. The van der Waals surface area contributed by atoms with E-state index in [9.17, 15) is 4.79 Å². The zero-order valence-electron chi connectivity index (χ0n) is 13.8. The Morgan fingerprint density at radius 1 is 1.09 bits per heavy atom. The van der Waals surface area contributed by atoms with Crippen LogP contribution in [0.4, 0.5) is 0 Å². The van der Waals surface area contributed by atoms with Crippen molar-refractivity contribution >= 4 is 5.91 Å². The number of fused-ring (bicyclic) bond motifs is 1. The number of hydrogen-bond acceptors (Lipinski definition) is 4. The van der Waals surface area contributed by atoms with Gasteiger partial charge in [-0.05, 0) is 51.0 Å². The fraction of sp³-hybridized carbons (Fsp3) is 0.824. The van der Waals surface area contributed by atoms with Gasteiger partial charge in [0.15, 0.2) is 0 Å². The van der Waals surface area contributed by atoms with Gasteiger partial charge in [-0.1, -0.05) is 6.42 Å². The first-order chi connectivity index (χ1) is 11.3. The quantitative estimate of drug-likeness (QED) is 0.897. The van der Waals surface area contributed by atoms with Crippen LogP contribution in [0.2, 0.25) is 0 Å². The van der Waals surface area contributed by atoms with Crippen molar-refractivity contribution < 1.29 is 4.79 Å². The predicted octanol–water partition coefficient (Wildman–Crippen LogP) is 1.67. The number of aryl methyl sites for hydroxylation is 1. The van der Waals surface area contributed by atoms with Gasteiger partial charge in [-0.2, -0.15) is 0 Å². The summed E-state index contributed by atoms with van der Waals surface area (Å²) < 4.78 is 2.33. The molecule has 1 aromatic heterocycles. The van der Waals surface area contributed by atoms with E-state index in [1.54, 1.807) is 0 Å². The van der Waals surface area contributed by atoms with Crippen molar-refractivity contribution in [2.45, 2.75) is 64.0 Å². The summed E-state index contributed by atoms with van der Waals surface area (Å²) in [6.45, 7) is 3.39. The first-order valence-corrected chi connectivity index (χ1v) is 9.24. The molecule has 6 heteroatoms. The van der Waals surface area contributed by atoms with E-state index >= 15 is 0 Å². The summed E-state index contributed by atoms with van der Waals surface area (Å²) in [6.07, 6.45) is 9.54. The molecule has 0 aromatic carbocycles. The molecule has 0 unspecified atom stereocenters. The SMILES string of the molecule is O=C(CN1CCC[C@H]1c1nnc2n1CCCCC2)NCC1CC1. The summed E-state index contributed by atoms with van der Waals surface area (Å²) in [5.41, 5.74) is 0. The minimum Gasteiger partial charge on any atom is -0.355 e. The molecule has 1 saturated carbocycles. The average molecular weight is 317 g/mol. The zero-order chi connectivity index (χ0) is 15.6. The van der Waals surface area contributed by atoms with E-state index in [-0.39, 0.29) is 11.9 Å². The molecule has 1 saturated heterocycles. The van der Waals surface area contributed by atoms with Gasteiger partial charge in [-0.3, -0.25) is 9.69 Å². The fourth-order valence-electron chi connectivity index (χ4n) is 3.88. The standard InChI is InChI=1S/C17H27N5O/c23-16(18-11-13-7-8-13)12-21-9-4-5-14(21)17-20-19-15-6-2-1-3-10-22(15)17/h13-14H,1-12H2,(H,18,23)/t14-/m0/s1. The largest absolute Gasteiger partial charge is 0.355 e. The maximum Gasteiger partial charge on any atom is 0.234 e. The Labute approximate surface area is 137 Å². The van der Waals surface area contributed by atoms with Gasteiger partial charge in [0.2, 0.25) is 5.91 Å². The number of nitrogens with zero attached hydrogens (tertiary/aromatic N) is 4. The van der Waals surface area contributed by atoms with Crippen LogP contribution in [0, 0.1) is 5.92 Å². The summed E-state index contributed by atoms with van der Waals surface area (Å²) in [7, 11) is 0. The molecular formula is C17H27N5O. The van der Waals surface area contributed by atoms with Gasteiger partial charge >= 0.3 is 0 Å². The van der Waals surface area contributed by atoms with E-state index in [0.717, 1.165) is 56.5 Å². The smallest absolute Gasteiger partial charge is 0.234 e. The average Bonchev–Trinajstić information content (AvgIpc) is 3.22. The van der Waals surface area contributed by atoms with Crippen LogP contribution in [0.3, 0.4) is 0 Å². The van der Waals surface area contributed by atoms with Crippen LogP contribution in [-0.2, 0) is 17.8 Å². The second kappa shape index (κ2) is 6.59. The number of carbonyl (C=O) groups excluding carboxylic acids is 1. The van der Waals surface area contributed by atoms with Crippen LogP contribution in [0.15, 0.2) is 0 Å². The highest BCUT2D eigenvalue weighted by Crippen LogP contribution is 2.32. The summed E-state index contributed by atoms with van der Waals surface area (Å²) in [6, 6.07) is 0.265. The van der Waals surface area contributed by atoms with Crippen molar-refractivity contribution in [2.75, 3.05) is 19.6 Å². The lowest BCUT2D eigenvalue weighted by Crippen LogP contribution is -2.38. The maximum atomic E-state index is 12.2. The highest BCUT2D eigenvalue weighted by Gasteiger charge is 2.32. The molecule has 1 aliphatic carbocycles. The first-order valence-electron chi connectivity index (χ1n) is 9.24. The Hall–Kier alpha value is -1.43. The molecule has 0 radical (unpaired) electrons. The number of aromatic nitrogens is 3. The number of carbonyl (C=O) groups is 1. The van der Waals surface area contributed by atoms with Gasteiger partial charge in [-0.15, -0.1) is 10.2 Å². The van der Waals surface area contributed by atoms with Crippen molar-refractivity contribution in [3.05, 3.63) is 11.6 Å². The molecule has 0 bridgehead atoms. The molecular weight excluding hydrogens is 290 g/mol. The Morgan fingerprint density at radius 2 is 2.00 bits per heavy atom. The van der Waals surface area contributed by atoms with Crippen LogP contribution in [0.5, 0.6) is 0 Å². The van der Waals surface area contributed by atoms with Crippen LogP contribution in [0.25, 0.3) is 0 Å². The van der Waals surface area contributed by atoms with Crippen LogP contribution < -0.4 is 5.32 Å². The molecule has 3 heterocycles. The number of likely N-dealkylation sites (tertiary alicyclic amines) is 1. The third-order valence-electron chi connectivity index (χ3n) is 5.43. The number of amides is 1. The van der Waals surface area contributed by atoms with Gasteiger partial charge in [0.1, 0.15) is 11.6 Å². The Kier molecular flexibility index (Phi) is 4.33. The highest BCUT2D eigenvalue weighted by molar-refractivity contribution is 5.78. The second-order valence-electron chi connectivity index (χ2n) is 7.31. The summed E-state index contributed by atoms with van der Waals surface area (Å²) in [5, 5.41) is 12.0. The predicted molar refractivity (Wildman–Crippen MR) is 86.9 cm³/mol. The fourth-order valence-corrected chi connectivity index (χ4v) is 3.88. The molecule has 6 nitrogen and oxygen atoms in total. The van der Waals surface area contributed by atoms with Crippen molar-refractivity contribution in [1.82, 2.24) is 25.0 Å². The molecule has 1 N–H and O–H groups in total. The molecule has 0 spiro atoms. The number of rotatable bonds is 5.